The summed E-state index contributed by atoms with van der Waals surface area (Å²) in [6.45, 7) is 6.22. The van der Waals surface area contributed by atoms with Crippen LogP contribution in [-0.4, -0.2) is 21.1 Å². The van der Waals surface area contributed by atoms with E-state index in [0.29, 0.717) is 25.9 Å². The summed E-state index contributed by atoms with van der Waals surface area (Å²) in [5, 5.41) is 1.28. The molecule has 0 atom stereocenters. The van der Waals surface area contributed by atoms with Gasteiger partial charge in [0, 0.05) is 17.0 Å². The van der Waals surface area contributed by atoms with Crippen LogP contribution in [0.1, 0.15) is 40.6 Å². The van der Waals surface area contributed by atoms with Gasteiger partial charge in [0.25, 0.3) is 5.56 Å². The Bertz CT molecular complexity index is 1190. The molecule has 3 aromatic heterocycles. The zero-order valence-electron chi connectivity index (χ0n) is 15.7. The molecule has 1 aliphatic carbocycles. The fraction of sp³-hybridized carbons (Fsp3) is 0.350. The molecule has 0 fully saturated rings. The second-order valence-corrected chi connectivity index (χ2v) is 11.4. The molecule has 9 heteroatoms. The highest BCUT2D eigenvalue weighted by Gasteiger charge is 2.23. The smallest absolute Gasteiger partial charge is 0.263 e. The quantitative estimate of drug-likeness (QED) is 0.179. The van der Waals surface area contributed by atoms with E-state index < -0.39 is 0 Å². The van der Waals surface area contributed by atoms with Gasteiger partial charge >= 0.3 is 0 Å². The summed E-state index contributed by atoms with van der Waals surface area (Å²) in [4.78, 5) is 32.8. The van der Waals surface area contributed by atoms with Crippen LogP contribution in [0.5, 0.6) is 0 Å². The van der Waals surface area contributed by atoms with E-state index in [0.717, 1.165) is 47.0 Å². The molecule has 0 saturated heterocycles. The maximum Gasteiger partial charge on any atom is 0.263 e. The average Bonchev–Trinajstić information content (AvgIpc) is 3.21. The van der Waals surface area contributed by atoms with Crippen molar-refractivity contribution in [2.75, 3.05) is 5.75 Å². The highest BCUT2D eigenvalue weighted by Crippen LogP contribution is 2.35. The predicted molar refractivity (Wildman–Crippen MR) is 125 cm³/mol. The van der Waals surface area contributed by atoms with Gasteiger partial charge in [-0.3, -0.25) is 14.2 Å². The fourth-order valence-corrected chi connectivity index (χ4v) is 7.16. The summed E-state index contributed by atoms with van der Waals surface area (Å²) in [5.74, 6) is -0.00344. The van der Waals surface area contributed by atoms with Crippen molar-refractivity contribution in [3.8, 4) is 0 Å². The number of carbonyl (C=O) groups excluding carboxylic acids is 1. The zero-order chi connectivity index (χ0) is 20.7. The molecule has 3 aromatic rings. The molecular weight excluding hydrogens is 467 g/mol. The maximum absolute atomic E-state index is 13.3. The Kier molecular flexibility index (Phi) is 6.23. The number of thioether (sulfide) groups is 1. The minimum Gasteiger partial charge on any atom is -0.293 e. The number of rotatable bonds is 6. The predicted octanol–water partition coefficient (Wildman–Crippen LogP) is 6.26. The minimum absolute atomic E-state index is 0.0380. The van der Waals surface area contributed by atoms with Gasteiger partial charge in [-0.05, 0) is 44.2 Å². The van der Waals surface area contributed by atoms with Gasteiger partial charge in [-0.15, -0.1) is 22.7 Å². The molecule has 3 heterocycles. The van der Waals surface area contributed by atoms with E-state index in [2.05, 4.69) is 6.58 Å². The van der Waals surface area contributed by atoms with E-state index in [4.69, 9.17) is 28.2 Å². The molecule has 0 unspecified atom stereocenters. The number of fused-ring (bicyclic) bond motifs is 3. The Balaban J connectivity index is 1.72. The van der Waals surface area contributed by atoms with Crippen LogP contribution in [-0.2, 0) is 19.4 Å². The minimum atomic E-state index is -0.134. The standard InChI is InChI=1S/C20H18Cl2N2O2S3/c1-10(2)8-24-19(26)16-11-5-3-4-6-14(11)28-18(16)23-20(24)27-9-13(25)12-7-15(21)29-17(12)22/h7H,1,3-6,8-9H2,2H3. The lowest BCUT2D eigenvalue weighted by Crippen LogP contribution is -2.24. The largest absolute Gasteiger partial charge is 0.293 e. The Labute approximate surface area is 190 Å². The van der Waals surface area contributed by atoms with E-state index in [1.165, 1.54) is 28.0 Å². The van der Waals surface area contributed by atoms with Gasteiger partial charge in [-0.25, -0.2) is 4.98 Å². The number of thiophene rings is 2. The van der Waals surface area contributed by atoms with E-state index in [1.807, 2.05) is 6.92 Å². The number of hydrogen-bond donors (Lipinski definition) is 0. The molecule has 4 rings (SSSR count). The second kappa shape index (κ2) is 8.55. The SMILES string of the molecule is C=C(C)Cn1c(SCC(=O)c2cc(Cl)sc2Cl)nc2sc3c(c2c1=O)CCCC3. The molecular formula is C20H18Cl2N2O2S3. The Morgan fingerprint density at radius 3 is 2.76 bits per heavy atom. The maximum atomic E-state index is 13.3. The molecule has 29 heavy (non-hydrogen) atoms. The van der Waals surface area contributed by atoms with Crippen LogP contribution in [0.3, 0.4) is 0 Å². The molecule has 1 aliphatic rings. The number of ketones is 1. The lowest BCUT2D eigenvalue weighted by molar-refractivity contribution is 0.102. The van der Waals surface area contributed by atoms with Crippen LogP contribution in [0.2, 0.25) is 8.67 Å². The molecule has 0 amide bonds. The van der Waals surface area contributed by atoms with Crippen LogP contribution < -0.4 is 5.56 Å². The van der Waals surface area contributed by atoms with E-state index in [9.17, 15) is 9.59 Å². The second-order valence-electron chi connectivity index (χ2n) is 7.08. The van der Waals surface area contributed by atoms with Crippen molar-refractivity contribution >= 4 is 73.6 Å². The first-order chi connectivity index (χ1) is 13.8. The number of hydrogen-bond acceptors (Lipinski definition) is 6. The number of aromatic nitrogens is 2. The van der Waals surface area contributed by atoms with Crippen LogP contribution in [0.25, 0.3) is 10.2 Å². The average molecular weight is 485 g/mol. The van der Waals surface area contributed by atoms with Crippen molar-refractivity contribution in [2.45, 2.75) is 44.3 Å². The monoisotopic (exact) mass is 484 g/mol. The summed E-state index contributed by atoms with van der Waals surface area (Å²) in [6.07, 6.45) is 4.20. The summed E-state index contributed by atoms with van der Waals surface area (Å²) >= 11 is 16.1. The van der Waals surface area contributed by atoms with Gasteiger partial charge in [0.2, 0.25) is 0 Å². The lowest BCUT2D eigenvalue weighted by atomic mass is 9.97. The van der Waals surface area contributed by atoms with Gasteiger partial charge < -0.3 is 0 Å². The molecule has 0 N–H and O–H groups in total. The third-order valence-corrected chi connectivity index (χ3v) is 8.41. The van der Waals surface area contributed by atoms with Crippen molar-refractivity contribution in [1.29, 1.82) is 0 Å². The summed E-state index contributed by atoms with van der Waals surface area (Å²) in [5.41, 5.74) is 2.40. The van der Waals surface area contributed by atoms with E-state index in [-0.39, 0.29) is 17.1 Å². The van der Waals surface area contributed by atoms with E-state index in [1.54, 1.807) is 22.0 Å². The Hall–Kier alpha value is -1.12. The van der Waals surface area contributed by atoms with Crippen molar-refractivity contribution in [3.63, 3.8) is 0 Å². The normalized spacial score (nSPS) is 13.6. The summed E-state index contributed by atoms with van der Waals surface area (Å²) < 4.78 is 2.51. The van der Waals surface area contributed by atoms with Gasteiger partial charge in [-0.2, -0.15) is 0 Å². The third kappa shape index (κ3) is 4.21. The first kappa shape index (κ1) is 21.1. The first-order valence-corrected chi connectivity index (χ1v) is 12.5. The Morgan fingerprint density at radius 2 is 2.07 bits per heavy atom. The summed E-state index contributed by atoms with van der Waals surface area (Å²) in [6, 6.07) is 1.59. The molecule has 0 aromatic carbocycles. The number of halogens is 2. The van der Waals surface area contributed by atoms with Crippen molar-refractivity contribution in [3.05, 3.63) is 53.2 Å². The number of allylic oxidation sites excluding steroid dienone is 1. The highest BCUT2D eigenvalue weighted by molar-refractivity contribution is 7.99. The van der Waals surface area contributed by atoms with Crippen LogP contribution in [0.15, 0.2) is 28.2 Å². The van der Waals surface area contributed by atoms with Crippen molar-refractivity contribution in [2.24, 2.45) is 0 Å². The lowest BCUT2D eigenvalue weighted by Gasteiger charge is -2.13. The molecule has 0 radical (unpaired) electrons. The van der Waals surface area contributed by atoms with Crippen LogP contribution >= 0.6 is 57.6 Å². The fourth-order valence-electron chi connectivity index (χ4n) is 3.48. The van der Waals surface area contributed by atoms with E-state index >= 15 is 0 Å². The zero-order valence-corrected chi connectivity index (χ0v) is 19.7. The Morgan fingerprint density at radius 1 is 1.31 bits per heavy atom. The molecule has 4 nitrogen and oxygen atoms in total. The van der Waals surface area contributed by atoms with Gasteiger partial charge in [0.1, 0.15) is 9.17 Å². The first-order valence-electron chi connectivity index (χ1n) is 9.15. The van der Waals surface area contributed by atoms with Crippen molar-refractivity contribution in [1.82, 2.24) is 9.55 Å². The summed E-state index contributed by atoms with van der Waals surface area (Å²) in [7, 11) is 0. The molecule has 152 valence electrons. The van der Waals surface area contributed by atoms with Gasteiger partial charge in [-0.1, -0.05) is 47.1 Å². The number of Topliss-reactive ketones (excluding diaryl/α,β-unsaturated/α-hetero) is 1. The highest BCUT2D eigenvalue weighted by atomic mass is 35.5. The third-order valence-electron chi connectivity index (χ3n) is 4.76. The number of carbonyl (C=O) groups is 1. The van der Waals surface area contributed by atoms with Crippen LogP contribution in [0, 0.1) is 0 Å². The molecule has 0 spiro atoms. The van der Waals surface area contributed by atoms with Gasteiger partial charge in [0.15, 0.2) is 10.9 Å². The van der Waals surface area contributed by atoms with Gasteiger partial charge in [0.05, 0.1) is 15.5 Å². The van der Waals surface area contributed by atoms with Crippen LogP contribution in [0.4, 0.5) is 0 Å². The molecule has 0 aliphatic heterocycles. The number of aryl methyl sites for hydroxylation is 2. The number of nitrogens with zero attached hydrogens (tertiary/aromatic N) is 2. The van der Waals surface area contributed by atoms with Crippen molar-refractivity contribution < 1.29 is 4.79 Å². The topological polar surface area (TPSA) is 52.0 Å². The molecule has 0 bridgehead atoms. The molecule has 0 saturated carbocycles.